The first kappa shape index (κ1) is 22.2. The first-order valence-corrected chi connectivity index (χ1v) is 14.6. The number of rotatable bonds is 2. The molecule has 42 heavy (non-hydrogen) atoms. The van der Waals surface area contributed by atoms with E-state index in [-0.39, 0.29) is 6.71 Å². The second-order valence-electron chi connectivity index (χ2n) is 11.3. The maximum Gasteiger partial charge on any atom is 0.273 e. The summed E-state index contributed by atoms with van der Waals surface area (Å²) in [6.45, 7) is 0.0688. The summed E-state index contributed by atoms with van der Waals surface area (Å²) in [5.74, 6) is 0. The van der Waals surface area contributed by atoms with E-state index in [1.54, 1.807) is 0 Å². The number of hydrogen-bond acceptors (Lipinski definition) is 1. The molecule has 10 rings (SSSR count). The minimum atomic E-state index is 0.0688. The first-order chi connectivity index (χ1) is 20.9. The van der Waals surface area contributed by atoms with Gasteiger partial charge in [0, 0.05) is 50.0 Å². The van der Waals surface area contributed by atoms with Crippen LogP contribution in [0.1, 0.15) is 0 Å². The van der Waals surface area contributed by atoms with Crippen molar-refractivity contribution in [1.82, 2.24) is 9.13 Å². The van der Waals surface area contributed by atoms with Crippen molar-refractivity contribution in [2.75, 3.05) is 4.90 Å². The van der Waals surface area contributed by atoms with Gasteiger partial charge in [0.05, 0.1) is 16.7 Å². The lowest BCUT2D eigenvalue weighted by atomic mass is 9.35. The number of para-hydroxylation sites is 5. The minimum absolute atomic E-state index is 0.0688. The van der Waals surface area contributed by atoms with E-state index in [1.807, 2.05) is 0 Å². The predicted molar refractivity (Wildman–Crippen MR) is 177 cm³/mol. The van der Waals surface area contributed by atoms with Crippen LogP contribution in [0.2, 0.25) is 0 Å². The Hall–Kier alpha value is -5.48. The van der Waals surface area contributed by atoms with Crippen LogP contribution >= 0.6 is 0 Å². The second kappa shape index (κ2) is 8.05. The molecule has 3 nitrogen and oxygen atoms in total. The number of anilines is 3. The molecule has 0 N–H and O–H groups in total. The van der Waals surface area contributed by atoms with Crippen LogP contribution < -0.4 is 21.4 Å². The van der Waals surface area contributed by atoms with Crippen molar-refractivity contribution >= 4 is 73.0 Å². The van der Waals surface area contributed by atoms with Crippen molar-refractivity contribution in [2.24, 2.45) is 0 Å². The Balaban J connectivity index is 1.46. The Kier molecular flexibility index (Phi) is 4.26. The van der Waals surface area contributed by atoms with Crippen LogP contribution in [-0.4, -0.2) is 15.8 Å². The fourth-order valence-electron chi connectivity index (χ4n) is 7.76. The van der Waals surface area contributed by atoms with Gasteiger partial charge in [-0.3, -0.25) is 0 Å². The van der Waals surface area contributed by atoms with Crippen LogP contribution in [0, 0.1) is 0 Å². The van der Waals surface area contributed by atoms with Crippen molar-refractivity contribution in [2.45, 2.75) is 0 Å². The largest absolute Gasteiger partial charge is 0.319 e. The molecule has 0 amide bonds. The summed E-state index contributed by atoms with van der Waals surface area (Å²) in [7, 11) is 0. The first-order valence-electron chi connectivity index (χ1n) is 14.6. The average Bonchev–Trinajstić information content (AvgIpc) is 3.58. The molecule has 0 aliphatic carbocycles. The van der Waals surface area contributed by atoms with E-state index in [1.165, 1.54) is 77.7 Å². The monoisotopic (exact) mass is 533 g/mol. The van der Waals surface area contributed by atoms with Crippen LogP contribution in [0.15, 0.2) is 146 Å². The Morgan fingerprint density at radius 1 is 0.429 bits per heavy atom. The standard InChI is InChI=1S/C38H24BN3/c1-3-13-25(14-4-1)40-33-23-12-24-34-35(33)39(30-20-11-19-28-27-17-7-9-21-31(27)42(34)36(28)30)38-37(40)29-18-8-10-22-32(29)41(38)26-15-5-2-6-16-26/h1-24H. The molecule has 194 valence electrons. The van der Waals surface area contributed by atoms with Gasteiger partial charge in [-0.15, -0.1) is 0 Å². The van der Waals surface area contributed by atoms with Crippen molar-refractivity contribution in [3.8, 4) is 11.4 Å². The van der Waals surface area contributed by atoms with E-state index in [0.717, 1.165) is 0 Å². The van der Waals surface area contributed by atoms with Crippen LogP contribution in [0.25, 0.3) is 44.1 Å². The summed E-state index contributed by atoms with van der Waals surface area (Å²) in [5.41, 5.74) is 13.9. The van der Waals surface area contributed by atoms with E-state index in [0.29, 0.717) is 0 Å². The van der Waals surface area contributed by atoms with E-state index >= 15 is 0 Å². The predicted octanol–water partition coefficient (Wildman–Crippen LogP) is 7.34. The molecule has 0 atom stereocenters. The van der Waals surface area contributed by atoms with Gasteiger partial charge in [-0.05, 0) is 59.5 Å². The molecular weight excluding hydrogens is 509 g/mol. The molecule has 4 heterocycles. The average molecular weight is 533 g/mol. The van der Waals surface area contributed by atoms with Gasteiger partial charge < -0.3 is 14.0 Å². The summed E-state index contributed by atoms with van der Waals surface area (Å²) in [5, 5.41) is 3.87. The topological polar surface area (TPSA) is 13.1 Å². The Bertz CT molecular complexity index is 2370. The van der Waals surface area contributed by atoms with Gasteiger partial charge in [0.15, 0.2) is 0 Å². The highest BCUT2D eigenvalue weighted by atomic mass is 15.2. The molecule has 0 radical (unpaired) electrons. The highest BCUT2D eigenvalue weighted by Gasteiger charge is 2.45. The molecule has 0 bridgehead atoms. The van der Waals surface area contributed by atoms with Gasteiger partial charge in [0.2, 0.25) is 0 Å². The Morgan fingerprint density at radius 3 is 1.81 bits per heavy atom. The number of nitrogens with zero attached hydrogens (tertiary/aromatic N) is 3. The molecule has 8 aromatic rings. The molecule has 6 aromatic carbocycles. The van der Waals surface area contributed by atoms with E-state index in [4.69, 9.17) is 0 Å². The maximum atomic E-state index is 2.52. The van der Waals surface area contributed by atoms with Crippen molar-refractivity contribution in [3.05, 3.63) is 146 Å². The molecule has 0 spiro atoms. The van der Waals surface area contributed by atoms with Gasteiger partial charge >= 0.3 is 0 Å². The molecular formula is C38H24BN3. The zero-order valence-electron chi connectivity index (χ0n) is 22.8. The number of aromatic nitrogens is 2. The van der Waals surface area contributed by atoms with Crippen LogP contribution in [-0.2, 0) is 0 Å². The van der Waals surface area contributed by atoms with Crippen molar-refractivity contribution in [3.63, 3.8) is 0 Å². The van der Waals surface area contributed by atoms with Gasteiger partial charge in [-0.25, -0.2) is 0 Å². The lowest BCUT2D eigenvalue weighted by Crippen LogP contribution is -2.62. The Morgan fingerprint density at radius 2 is 1.02 bits per heavy atom. The molecule has 2 aliphatic rings. The molecule has 4 heteroatoms. The fourth-order valence-corrected chi connectivity index (χ4v) is 7.76. The molecule has 2 aromatic heterocycles. The van der Waals surface area contributed by atoms with E-state index < -0.39 is 0 Å². The quantitative estimate of drug-likeness (QED) is 0.212. The van der Waals surface area contributed by atoms with Gasteiger partial charge in [0.1, 0.15) is 0 Å². The summed E-state index contributed by atoms with van der Waals surface area (Å²) in [6.07, 6.45) is 0. The van der Waals surface area contributed by atoms with Crippen molar-refractivity contribution < 1.29 is 0 Å². The lowest BCUT2D eigenvalue weighted by Gasteiger charge is -2.39. The minimum Gasteiger partial charge on any atom is -0.319 e. The number of fused-ring (bicyclic) bond motifs is 9. The molecule has 0 saturated heterocycles. The molecule has 0 unspecified atom stereocenters. The molecule has 2 aliphatic heterocycles. The third-order valence-corrected chi connectivity index (χ3v) is 9.28. The summed E-state index contributed by atoms with van der Waals surface area (Å²) >= 11 is 0. The zero-order chi connectivity index (χ0) is 27.4. The van der Waals surface area contributed by atoms with Crippen molar-refractivity contribution in [1.29, 1.82) is 0 Å². The fraction of sp³-hybridized carbons (Fsp3) is 0. The van der Waals surface area contributed by atoms with Crippen LogP contribution in [0.3, 0.4) is 0 Å². The number of hydrogen-bond donors (Lipinski definition) is 0. The third kappa shape index (κ3) is 2.67. The second-order valence-corrected chi connectivity index (χ2v) is 11.3. The highest BCUT2D eigenvalue weighted by Crippen LogP contribution is 2.44. The van der Waals surface area contributed by atoms with E-state index in [2.05, 4.69) is 160 Å². The Labute approximate surface area is 243 Å². The normalized spacial score (nSPS) is 13.1. The lowest BCUT2D eigenvalue weighted by molar-refractivity contribution is 1.14. The molecule has 0 saturated carbocycles. The molecule has 0 fully saturated rings. The summed E-state index contributed by atoms with van der Waals surface area (Å²) in [6, 6.07) is 53.2. The SMILES string of the molecule is c1ccc(N2c3cccc4c3B(c3cccc5c6ccccc6n-4c35)c3c2c2ccccc2n3-c2ccccc2)cc1. The summed E-state index contributed by atoms with van der Waals surface area (Å²) in [4.78, 5) is 2.50. The third-order valence-electron chi connectivity index (χ3n) is 9.28. The number of benzene rings is 6. The van der Waals surface area contributed by atoms with Gasteiger partial charge in [0.25, 0.3) is 6.71 Å². The smallest absolute Gasteiger partial charge is 0.273 e. The highest BCUT2D eigenvalue weighted by molar-refractivity contribution is 7.00. The summed E-state index contributed by atoms with van der Waals surface area (Å²) < 4.78 is 5.03. The van der Waals surface area contributed by atoms with Crippen LogP contribution in [0.5, 0.6) is 0 Å². The van der Waals surface area contributed by atoms with E-state index in [9.17, 15) is 0 Å². The van der Waals surface area contributed by atoms with Gasteiger partial charge in [-0.2, -0.15) is 0 Å². The van der Waals surface area contributed by atoms with Crippen LogP contribution in [0.4, 0.5) is 17.1 Å². The van der Waals surface area contributed by atoms with Gasteiger partial charge in [-0.1, -0.05) is 97.1 Å². The maximum absolute atomic E-state index is 2.52. The zero-order valence-corrected chi connectivity index (χ0v) is 22.8.